The van der Waals surface area contributed by atoms with Gasteiger partial charge in [0.15, 0.2) is 0 Å². The van der Waals surface area contributed by atoms with Crippen LogP contribution < -0.4 is 10.6 Å². The van der Waals surface area contributed by atoms with Crippen molar-refractivity contribution in [1.29, 1.82) is 0 Å². The molecule has 0 amide bonds. The molecule has 3 N–H and O–H groups in total. The first-order valence-corrected chi connectivity index (χ1v) is 9.13. The van der Waals surface area contributed by atoms with Crippen molar-refractivity contribution in [3.05, 3.63) is 35.4 Å². The van der Waals surface area contributed by atoms with Crippen LogP contribution in [0.1, 0.15) is 44.2 Å². The van der Waals surface area contributed by atoms with Crippen LogP contribution in [0, 0.1) is 0 Å². The zero-order valence-corrected chi connectivity index (χ0v) is 13.6. The van der Waals surface area contributed by atoms with E-state index >= 15 is 0 Å². The van der Waals surface area contributed by atoms with Crippen LogP contribution in [0.4, 0.5) is 0 Å². The Labute approximate surface area is 127 Å². The van der Waals surface area contributed by atoms with Crippen molar-refractivity contribution in [1.82, 2.24) is 9.84 Å². The van der Waals surface area contributed by atoms with Crippen molar-refractivity contribution in [2.75, 3.05) is 0 Å². The third-order valence-corrected chi connectivity index (χ3v) is 5.30. The van der Waals surface area contributed by atoms with Crippen LogP contribution in [0.3, 0.4) is 0 Å². The lowest BCUT2D eigenvalue weighted by Gasteiger charge is -2.38. The third-order valence-electron chi connectivity index (χ3n) is 4.12. The largest absolute Gasteiger partial charge is 0.326 e. The molecule has 6 heteroatoms. The van der Waals surface area contributed by atoms with E-state index < -0.39 is 10.0 Å². The van der Waals surface area contributed by atoms with E-state index in [-0.39, 0.29) is 17.8 Å². The first-order valence-electron chi connectivity index (χ1n) is 7.48. The molecule has 1 aromatic rings. The second-order valence-corrected chi connectivity index (χ2v) is 7.56. The Hall–Kier alpha value is -0.950. The normalized spacial score (nSPS) is 24.1. The van der Waals surface area contributed by atoms with Crippen LogP contribution in [0.15, 0.2) is 24.3 Å². The first-order chi connectivity index (χ1) is 9.93. The van der Waals surface area contributed by atoms with Crippen LogP contribution in [0.2, 0.25) is 0 Å². The van der Waals surface area contributed by atoms with Crippen molar-refractivity contribution >= 4 is 10.0 Å². The van der Waals surface area contributed by atoms with Crippen LogP contribution >= 0.6 is 0 Å². The molecule has 1 heterocycles. The Morgan fingerprint density at radius 1 is 1.19 bits per heavy atom. The lowest BCUT2D eigenvalue weighted by Crippen LogP contribution is -2.54. The fourth-order valence-corrected chi connectivity index (χ4v) is 4.33. The SMILES string of the molecule is CC1CCCC(C)N1NS(=O)(=O)Cc1ccccc1CN. The number of sulfonamides is 1. The topological polar surface area (TPSA) is 75.4 Å². The van der Waals surface area contributed by atoms with Crippen LogP contribution in [-0.2, 0) is 22.3 Å². The highest BCUT2D eigenvalue weighted by molar-refractivity contribution is 7.88. The second-order valence-electron chi connectivity index (χ2n) is 5.86. The summed E-state index contributed by atoms with van der Waals surface area (Å²) in [5, 5.41) is 1.88. The van der Waals surface area contributed by atoms with E-state index in [9.17, 15) is 8.42 Å². The standard InChI is InChI=1S/C15H25N3O2S/c1-12-6-5-7-13(2)18(12)17-21(19,20)11-15-9-4-3-8-14(15)10-16/h3-4,8-9,12-13,17H,5-7,10-11,16H2,1-2H3. The Morgan fingerprint density at radius 2 is 1.76 bits per heavy atom. The monoisotopic (exact) mass is 311 g/mol. The Balaban J connectivity index is 2.11. The van der Waals surface area contributed by atoms with Gasteiger partial charge in [-0.05, 0) is 37.8 Å². The summed E-state index contributed by atoms with van der Waals surface area (Å²) >= 11 is 0. The van der Waals surface area contributed by atoms with Gasteiger partial charge in [0, 0.05) is 18.6 Å². The quantitative estimate of drug-likeness (QED) is 0.868. The molecule has 1 aliphatic heterocycles. The summed E-state index contributed by atoms with van der Waals surface area (Å²) in [7, 11) is -3.41. The molecule has 1 fully saturated rings. The van der Waals surface area contributed by atoms with Gasteiger partial charge in [-0.3, -0.25) is 0 Å². The molecule has 5 nitrogen and oxygen atoms in total. The van der Waals surface area contributed by atoms with Crippen molar-refractivity contribution in [2.24, 2.45) is 5.73 Å². The van der Waals surface area contributed by atoms with Gasteiger partial charge in [-0.15, -0.1) is 4.83 Å². The average molecular weight is 311 g/mol. The van der Waals surface area contributed by atoms with E-state index in [0.717, 1.165) is 30.4 Å². The molecule has 0 aromatic heterocycles. The molecule has 0 aliphatic carbocycles. The summed E-state index contributed by atoms with van der Waals surface area (Å²) in [5.41, 5.74) is 7.32. The highest BCUT2D eigenvalue weighted by Crippen LogP contribution is 2.21. The zero-order valence-electron chi connectivity index (χ0n) is 12.7. The number of rotatable bonds is 5. The number of nitrogens with one attached hydrogen (secondary N) is 1. The molecular weight excluding hydrogens is 286 g/mol. The fraction of sp³-hybridized carbons (Fsp3) is 0.600. The molecule has 1 aromatic carbocycles. The maximum Gasteiger partial charge on any atom is 0.228 e. The molecule has 118 valence electrons. The summed E-state index contributed by atoms with van der Waals surface area (Å²) in [5.74, 6) is -0.0314. The number of hydrogen-bond donors (Lipinski definition) is 2. The van der Waals surface area contributed by atoms with Crippen LogP contribution in [-0.4, -0.2) is 25.5 Å². The molecule has 0 radical (unpaired) electrons. The van der Waals surface area contributed by atoms with Gasteiger partial charge in [0.05, 0.1) is 5.75 Å². The molecule has 2 rings (SSSR count). The third kappa shape index (κ3) is 4.26. The van der Waals surface area contributed by atoms with Crippen LogP contribution in [0.5, 0.6) is 0 Å². The predicted octanol–water partition coefficient (Wildman–Crippen LogP) is 1.74. The van der Waals surface area contributed by atoms with E-state index in [2.05, 4.69) is 18.7 Å². The first kappa shape index (κ1) is 16.4. The Bertz CT molecular complexity index is 564. The fourth-order valence-electron chi connectivity index (χ4n) is 2.90. The van der Waals surface area contributed by atoms with E-state index in [4.69, 9.17) is 5.73 Å². The lowest BCUT2D eigenvalue weighted by molar-refractivity contribution is 0.0790. The van der Waals surface area contributed by atoms with E-state index in [1.165, 1.54) is 0 Å². The Kier molecular flexibility index (Phi) is 5.37. The summed E-state index contributed by atoms with van der Waals surface area (Å²) in [6.45, 7) is 4.47. The van der Waals surface area contributed by atoms with Crippen molar-refractivity contribution in [3.8, 4) is 0 Å². The van der Waals surface area contributed by atoms with E-state index in [0.29, 0.717) is 6.54 Å². The van der Waals surface area contributed by atoms with Gasteiger partial charge in [0.2, 0.25) is 10.0 Å². The number of benzene rings is 1. The minimum Gasteiger partial charge on any atom is -0.326 e. The summed E-state index contributed by atoms with van der Waals surface area (Å²) in [6.07, 6.45) is 3.19. The van der Waals surface area contributed by atoms with Gasteiger partial charge in [-0.1, -0.05) is 30.7 Å². The minimum absolute atomic E-state index is 0.0314. The molecule has 2 unspecified atom stereocenters. The van der Waals surface area contributed by atoms with Gasteiger partial charge in [0.1, 0.15) is 0 Å². The van der Waals surface area contributed by atoms with Crippen molar-refractivity contribution in [2.45, 2.75) is 57.5 Å². The maximum absolute atomic E-state index is 12.4. The smallest absolute Gasteiger partial charge is 0.228 e. The van der Waals surface area contributed by atoms with Gasteiger partial charge in [0.25, 0.3) is 0 Å². The van der Waals surface area contributed by atoms with E-state index in [1.807, 2.05) is 29.3 Å². The molecule has 1 saturated heterocycles. The summed E-state index contributed by atoms with van der Waals surface area (Å²) < 4.78 is 24.9. The lowest BCUT2D eigenvalue weighted by atomic mass is 10.0. The number of piperidine rings is 1. The van der Waals surface area contributed by atoms with Gasteiger partial charge in [-0.2, -0.15) is 0 Å². The number of hydrogen-bond acceptors (Lipinski definition) is 4. The minimum atomic E-state index is -3.41. The number of hydrazine groups is 1. The Morgan fingerprint density at radius 3 is 2.33 bits per heavy atom. The summed E-state index contributed by atoms with van der Waals surface area (Å²) in [4.78, 5) is 2.76. The molecular formula is C15H25N3O2S. The molecule has 0 bridgehead atoms. The predicted molar refractivity (Wildman–Crippen MR) is 84.7 cm³/mol. The van der Waals surface area contributed by atoms with E-state index in [1.54, 1.807) is 0 Å². The highest BCUT2D eigenvalue weighted by atomic mass is 32.2. The van der Waals surface area contributed by atoms with Gasteiger partial charge < -0.3 is 5.73 Å². The molecule has 0 saturated carbocycles. The van der Waals surface area contributed by atoms with Crippen molar-refractivity contribution < 1.29 is 8.42 Å². The highest BCUT2D eigenvalue weighted by Gasteiger charge is 2.28. The molecule has 0 spiro atoms. The van der Waals surface area contributed by atoms with Gasteiger partial charge in [-0.25, -0.2) is 13.4 Å². The molecule has 21 heavy (non-hydrogen) atoms. The molecule has 2 atom stereocenters. The second kappa shape index (κ2) is 6.87. The zero-order chi connectivity index (χ0) is 15.5. The van der Waals surface area contributed by atoms with Crippen molar-refractivity contribution in [3.63, 3.8) is 0 Å². The molecule has 1 aliphatic rings. The number of nitrogens with two attached hydrogens (primary N) is 1. The van der Waals surface area contributed by atoms with Gasteiger partial charge >= 0.3 is 0 Å². The maximum atomic E-state index is 12.4. The summed E-state index contributed by atoms with van der Waals surface area (Å²) in [6, 6.07) is 7.87. The average Bonchev–Trinajstić information content (AvgIpc) is 2.43. The van der Waals surface area contributed by atoms with Crippen LogP contribution in [0.25, 0.3) is 0 Å². The number of nitrogens with zero attached hydrogens (tertiary/aromatic N) is 1.